The third-order valence-corrected chi connectivity index (χ3v) is 4.18. The fourth-order valence-electron chi connectivity index (χ4n) is 2.75. The molecule has 3 heteroatoms. The van der Waals surface area contributed by atoms with Gasteiger partial charge in [0.1, 0.15) is 0 Å². The van der Waals surface area contributed by atoms with E-state index in [0.29, 0.717) is 0 Å². The van der Waals surface area contributed by atoms with Crippen LogP contribution in [0.4, 0.5) is 0 Å². The molecule has 0 radical (unpaired) electrons. The first-order valence-corrected chi connectivity index (χ1v) is 7.94. The summed E-state index contributed by atoms with van der Waals surface area (Å²) in [5.74, 6) is 0.158. The lowest BCUT2D eigenvalue weighted by Crippen LogP contribution is -2.50. The standard InChI is InChI=1S/C18H28N2O/c1-14-8-5-6-9-15(14)12-20-11-7-10-16(13-20)19-17(21)18(2,3)4/h5-6,8-9,16H,7,10-13H2,1-4H3,(H,19,21). The van der Waals surface area contributed by atoms with E-state index in [1.54, 1.807) is 0 Å². The van der Waals surface area contributed by atoms with Gasteiger partial charge >= 0.3 is 0 Å². The zero-order chi connectivity index (χ0) is 15.5. The molecule has 1 N–H and O–H groups in total. The van der Waals surface area contributed by atoms with Gasteiger partial charge < -0.3 is 5.32 Å². The molecule has 1 fully saturated rings. The Hall–Kier alpha value is -1.35. The summed E-state index contributed by atoms with van der Waals surface area (Å²) in [4.78, 5) is 14.6. The molecule has 116 valence electrons. The van der Waals surface area contributed by atoms with Gasteiger partial charge in [-0.3, -0.25) is 9.69 Å². The summed E-state index contributed by atoms with van der Waals surface area (Å²) in [6.07, 6.45) is 2.24. The van der Waals surface area contributed by atoms with Crippen molar-refractivity contribution in [2.75, 3.05) is 13.1 Å². The van der Waals surface area contributed by atoms with Crippen LogP contribution in [0.5, 0.6) is 0 Å². The van der Waals surface area contributed by atoms with E-state index in [0.717, 1.165) is 32.5 Å². The Morgan fingerprint density at radius 1 is 1.33 bits per heavy atom. The van der Waals surface area contributed by atoms with Crippen LogP contribution in [0.3, 0.4) is 0 Å². The van der Waals surface area contributed by atoms with Crippen LogP contribution in [0.1, 0.15) is 44.7 Å². The lowest BCUT2D eigenvalue weighted by atomic mass is 9.94. The predicted octanol–water partition coefficient (Wildman–Crippen LogP) is 3.12. The second kappa shape index (κ2) is 6.61. The summed E-state index contributed by atoms with van der Waals surface area (Å²) < 4.78 is 0. The second-order valence-corrected chi connectivity index (χ2v) is 7.22. The van der Waals surface area contributed by atoms with Gasteiger partial charge in [-0.25, -0.2) is 0 Å². The van der Waals surface area contributed by atoms with Crippen LogP contribution < -0.4 is 5.32 Å². The molecule has 1 aromatic carbocycles. The Bertz CT molecular complexity index is 490. The van der Waals surface area contributed by atoms with E-state index < -0.39 is 0 Å². The number of nitrogens with one attached hydrogen (secondary N) is 1. The molecule has 1 aromatic rings. The van der Waals surface area contributed by atoms with Crippen molar-refractivity contribution in [3.8, 4) is 0 Å². The van der Waals surface area contributed by atoms with Crippen LogP contribution in [-0.4, -0.2) is 29.9 Å². The highest BCUT2D eigenvalue weighted by Gasteiger charge is 2.27. The minimum absolute atomic E-state index is 0.158. The molecular weight excluding hydrogens is 260 g/mol. The van der Waals surface area contributed by atoms with Gasteiger partial charge in [-0.15, -0.1) is 0 Å². The summed E-state index contributed by atoms with van der Waals surface area (Å²) in [6, 6.07) is 8.84. The maximum atomic E-state index is 12.1. The van der Waals surface area contributed by atoms with Crippen LogP contribution in [0.2, 0.25) is 0 Å². The molecule has 0 aliphatic carbocycles. The smallest absolute Gasteiger partial charge is 0.225 e. The number of likely N-dealkylation sites (tertiary alicyclic amines) is 1. The summed E-state index contributed by atoms with van der Waals surface area (Å²) in [7, 11) is 0. The van der Waals surface area contributed by atoms with E-state index in [1.165, 1.54) is 11.1 Å². The van der Waals surface area contributed by atoms with Gasteiger partial charge in [-0.1, -0.05) is 45.0 Å². The number of amides is 1. The molecule has 1 heterocycles. The number of benzene rings is 1. The van der Waals surface area contributed by atoms with Gasteiger partial charge in [0, 0.05) is 24.5 Å². The van der Waals surface area contributed by atoms with Crippen molar-refractivity contribution in [3.63, 3.8) is 0 Å². The highest BCUT2D eigenvalue weighted by molar-refractivity contribution is 5.81. The molecule has 3 nitrogen and oxygen atoms in total. The molecule has 0 saturated carbocycles. The van der Waals surface area contributed by atoms with E-state index in [-0.39, 0.29) is 17.4 Å². The maximum absolute atomic E-state index is 12.1. The minimum atomic E-state index is -0.307. The van der Waals surface area contributed by atoms with E-state index in [2.05, 4.69) is 41.4 Å². The molecule has 1 saturated heterocycles. The van der Waals surface area contributed by atoms with E-state index in [9.17, 15) is 4.79 Å². The molecule has 1 aliphatic heterocycles. The Morgan fingerprint density at radius 3 is 2.71 bits per heavy atom. The summed E-state index contributed by atoms with van der Waals surface area (Å²) in [5.41, 5.74) is 2.43. The fraction of sp³-hybridized carbons (Fsp3) is 0.611. The Labute approximate surface area is 128 Å². The molecule has 1 aliphatic rings. The molecule has 0 spiro atoms. The molecule has 21 heavy (non-hydrogen) atoms. The third kappa shape index (κ3) is 4.57. The van der Waals surface area contributed by atoms with Crippen molar-refractivity contribution >= 4 is 5.91 Å². The first-order valence-electron chi connectivity index (χ1n) is 7.94. The molecule has 2 rings (SSSR count). The molecule has 0 aromatic heterocycles. The number of carbonyl (C=O) groups is 1. The van der Waals surface area contributed by atoms with Gasteiger partial charge in [0.15, 0.2) is 0 Å². The van der Waals surface area contributed by atoms with E-state index >= 15 is 0 Å². The highest BCUT2D eigenvalue weighted by atomic mass is 16.2. The topological polar surface area (TPSA) is 32.3 Å². The van der Waals surface area contributed by atoms with Crippen LogP contribution in [0.25, 0.3) is 0 Å². The average molecular weight is 288 g/mol. The van der Waals surface area contributed by atoms with Crippen molar-refractivity contribution in [2.45, 2.75) is 53.1 Å². The quantitative estimate of drug-likeness (QED) is 0.927. The van der Waals surface area contributed by atoms with Gasteiger partial charge in [-0.2, -0.15) is 0 Å². The van der Waals surface area contributed by atoms with Gasteiger partial charge in [0.2, 0.25) is 5.91 Å². The Balaban J connectivity index is 1.92. The van der Waals surface area contributed by atoms with Gasteiger partial charge in [0.25, 0.3) is 0 Å². The third-order valence-electron chi connectivity index (χ3n) is 4.18. The van der Waals surface area contributed by atoms with Gasteiger partial charge in [0.05, 0.1) is 0 Å². The Kier molecular flexibility index (Phi) is 5.04. The number of carbonyl (C=O) groups excluding carboxylic acids is 1. The van der Waals surface area contributed by atoms with Crippen molar-refractivity contribution in [1.82, 2.24) is 10.2 Å². The lowest BCUT2D eigenvalue weighted by Gasteiger charge is -2.34. The maximum Gasteiger partial charge on any atom is 0.225 e. The fourth-order valence-corrected chi connectivity index (χ4v) is 2.75. The summed E-state index contributed by atoms with van der Waals surface area (Å²) >= 11 is 0. The van der Waals surface area contributed by atoms with Crippen molar-refractivity contribution < 1.29 is 4.79 Å². The molecule has 1 unspecified atom stereocenters. The van der Waals surface area contributed by atoms with E-state index in [4.69, 9.17) is 0 Å². The van der Waals surface area contributed by atoms with Crippen LogP contribution in [0.15, 0.2) is 24.3 Å². The van der Waals surface area contributed by atoms with Crippen molar-refractivity contribution in [3.05, 3.63) is 35.4 Å². The summed E-state index contributed by atoms with van der Waals surface area (Å²) in [6.45, 7) is 11.1. The predicted molar refractivity (Wildman–Crippen MR) is 87.1 cm³/mol. The Morgan fingerprint density at radius 2 is 2.05 bits per heavy atom. The van der Waals surface area contributed by atoms with Crippen LogP contribution >= 0.6 is 0 Å². The first kappa shape index (κ1) is 16.0. The largest absolute Gasteiger partial charge is 0.352 e. The minimum Gasteiger partial charge on any atom is -0.352 e. The monoisotopic (exact) mass is 288 g/mol. The number of aryl methyl sites for hydroxylation is 1. The van der Waals surface area contributed by atoms with Crippen LogP contribution in [-0.2, 0) is 11.3 Å². The molecular formula is C18H28N2O. The molecule has 1 amide bonds. The van der Waals surface area contributed by atoms with Crippen LogP contribution in [0, 0.1) is 12.3 Å². The summed E-state index contributed by atoms with van der Waals surface area (Å²) in [5, 5.41) is 3.21. The zero-order valence-electron chi connectivity index (χ0n) is 13.8. The number of hydrogen-bond donors (Lipinski definition) is 1. The normalized spacial score (nSPS) is 20.3. The average Bonchev–Trinajstić information content (AvgIpc) is 2.41. The van der Waals surface area contributed by atoms with Gasteiger partial charge in [-0.05, 0) is 37.4 Å². The number of nitrogens with zero attached hydrogens (tertiary/aromatic N) is 1. The SMILES string of the molecule is Cc1ccccc1CN1CCCC(NC(=O)C(C)(C)C)C1. The number of rotatable bonds is 3. The number of piperidine rings is 1. The van der Waals surface area contributed by atoms with Crippen molar-refractivity contribution in [2.24, 2.45) is 5.41 Å². The molecule has 0 bridgehead atoms. The second-order valence-electron chi connectivity index (χ2n) is 7.22. The zero-order valence-corrected chi connectivity index (χ0v) is 13.8. The van der Waals surface area contributed by atoms with E-state index in [1.807, 2.05) is 20.8 Å². The number of hydrogen-bond acceptors (Lipinski definition) is 2. The highest BCUT2D eigenvalue weighted by Crippen LogP contribution is 2.18. The lowest BCUT2D eigenvalue weighted by molar-refractivity contribution is -0.129. The first-order chi connectivity index (χ1) is 9.86. The van der Waals surface area contributed by atoms with Crippen molar-refractivity contribution in [1.29, 1.82) is 0 Å². The molecule has 1 atom stereocenters.